The van der Waals surface area contributed by atoms with E-state index < -0.39 is 6.10 Å². The molecule has 0 aliphatic carbocycles. The number of benzene rings is 1. The Bertz CT molecular complexity index is 379. The van der Waals surface area contributed by atoms with Crippen LogP contribution >= 0.6 is 12.6 Å². The number of thiol groups is 1. The van der Waals surface area contributed by atoms with Gasteiger partial charge in [-0.15, -0.1) is 0 Å². The van der Waals surface area contributed by atoms with Gasteiger partial charge < -0.3 is 14.6 Å². The highest BCUT2D eigenvalue weighted by Crippen LogP contribution is 2.35. The Kier molecular flexibility index (Phi) is 3.61. The van der Waals surface area contributed by atoms with Gasteiger partial charge in [-0.1, -0.05) is 0 Å². The molecule has 0 aromatic heterocycles. The second-order valence-corrected chi connectivity index (χ2v) is 4.33. The molecule has 0 radical (unpaired) electrons. The van der Waals surface area contributed by atoms with E-state index in [0.29, 0.717) is 25.4 Å². The molecule has 0 bridgehead atoms. The Hall–Kier alpha value is -0.870. The maximum atomic E-state index is 9.96. The molecule has 88 valence electrons. The highest BCUT2D eigenvalue weighted by molar-refractivity contribution is 7.80. The summed E-state index contributed by atoms with van der Waals surface area (Å²) in [4.78, 5) is 0. The van der Waals surface area contributed by atoms with Gasteiger partial charge in [0.15, 0.2) is 11.5 Å². The molecule has 1 N–H and O–H groups in total. The van der Waals surface area contributed by atoms with Crippen molar-refractivity contribution in [3.05, 3.63) is 23.3 Å². The lowest BCUT2D eigenvalue weighted by Gasteiger charge is -2.21. The quantitative estimate of drug-likeness (QED) is 0.795. The highest BCUT2D eigenvalue weighted by atomic mass is 32.1. The van der Waals surface area contributed by atoms with Crippen LogP contribution < -0.4 is 9.47 Å². The van der Waals surface area contributed by atoms with Crippen molar-refractivity contribution in [1.29, 1.82) is 0 Å². The normalized spacial score (nSPS) is 15.9. The number of hydrogen-bond donors (Lipinski definition) is 2. The highest BCUT2D eigenvalue weighted by Gasteiger charge is 2.17. The van der Waals surface area contributed by atoms with Crippen molar-refractivity contribution in [2.45, 2.75) is 19.4 Å². The molecule has 2 rings (SSSR count). The van der Waals surface area contributed by atoms with Crippen LogP contribution in [0.5, 0.6) is 11.5 Å². The monoisotopic (exact) mass is 240 g/mol. The maximum absolute atomic E-state index is 9.96. The minimum absolute atomic E-state index is 0.478. The van der Waals surface area contributed by atoms with Gasteiger partial charge in [0.2, 0.25) is 0 Å². The summed E-state index contributed by atoms with van der Waals surface area (Å²) in [7, 11) is 0. The van der Waals surface area contributed by atoms with Gasteiger partial charge in [0.25, 0.3) is 0 Å². The Labute approximate surface area is 101 Å². The first kappa shape index (κ1) is 11.6. The first-order valence-corrected chi connectivity index (χ1v) is 6.04. The zero-order chi connectivity index (χ0) is 11.5. The average molecular weight is 240 g/mol. The molecule has 1 aliphatic rings. The van der Waals surface area contributed by atoms with Crippen LogP contribution in [0.3, 0.4) is 0 Å². The number of ether oxygens (including phenoxy) is 2. The van der Waals surface area contributed by atoms with E-state index in [2.05, 4.69) is 12.6 Å². The summed E-state index contributed by atoms with van der Waals surface area (Å²) in [5.74, 6) is 2.16. The molecular formula is C12H16O3S. The average Bonchev–Trinajstić information content (AvgIpc) is 2.28. The third kappa shape index (κ3) is 2.28. The van der Waals surface area contributed by atoms with Gasteiger partial charge in [0.1, 0.15) is 13.2 Å². The predicted molar refractivity (Wildman–Crippen MR) is 65.6 cm³/mol. The van der Waals surface area contributed by atoms with E-state index in [1.54, 1.807) is 0 Å². The molecule has 1 atom stereocenters. The van der Waals surface area contributed by atoms with Crippen molar-refractivity contribution in [2.75, 3.05) is 19.0 Å². The second-order valence-electron chi connectivity index (χ2n) is 3.88. The molecule has 0 amide bonds. The number of aryl methyl sites for hydroxylation is 1. The van der Waals surface area contributed by atoms with Crippen molar-refractivity contribution in [2.24, 2.45) is 0 Å². The van der Waals surface area contributed by atoms with E-state index in [1.807, 2.05) is 19.1 Å². The fraction of sp³-hybridized carbons (Fsp3) is 0.500. The van der Waals surface area contributed by atoms with Crippen LogP contribution in [0.1, 0.15) is 23.7 Å². The van der Waals surface area contributed by atoms with Crippen molar-refractivity contribution in [1.82, 2.24) is 0 Å². The summed E-state index contributed by atoms with van der Waals surface area (Å²) in [6, 6.07) is 3.80. The maximum Gasteiger partial charge on any atom is 0.161 e. The molecule has 0 saturated carbocycles. The van der Waals surface area contributed by atoms with Gasteiger partial charge in [-0.3, -0.25) is 0 Å². The first-order valence-electron chi connectivity index (χ1n) is 5.41. The standard InChI is InChI=1S/C12H16O3S/c1-8-6-11-12(15-4-3-14-11)7-9(8)10(13)2-5-16/h6-7,10,13,16H,2-5H2,1H3. The largest absolute Gasteiger partial charge is 0.486 e. The summed E-state index contributed by atoms with van der Waals surface area (Å²) in [5.41, 5.74) is 1.93. The summed E-state index contributed by atoms with van der Waals surface area (Å²) in [5, 5.41) is 9.96. The number of aliphatic hydroxyl groups is 1. The van der Waals surface area contributed by atoms with E-state index in [-0.39, 0.29) is 0 Å². The van der Waals surface area contributed by atoms with Gasteiger partial charge in [0, 0.05) is 0 Å². The predicted octanol–water partition coefficient (Wildman–Crippen LogP) is 2.12. The van der Waals surface area contributed by atoms with Crippen molar-refractivity contribution in [3.8, 4) is 11.5 Å². The van der Waals surface area contributed by atoms with Crippen LogP contribution in [-0.4, -0.2) is 24.1 Å². The van der Waals surface area contributed by atoms with Gasteiger partial charge in [-0.25, -0.2) is 0 Å². The SMILES string of the molecule is Cc1cc2c(cc1C(O)CCS)OCCO2. The van der Waals surface area contributed by atoms with E-state index in [4.69, 9.17) is 9.47 Å². The number of hydrogen-bond acceptors (Lipinski definition) is 4. The second kappa shape index (κ2) is 4.97. The zero-order valence-corrected chi connectivity index (χ0v) is 10.2. The minimum atomic E-state index is -0.478. The first-order chi connectivity index (χ1) is 7.72. The molecule has 0 fully saturated rings. The Morgan fingerprint density at radius 2 is 1.94 bits per heavy atom. The molecule has 1 aromatic carbocycles. The van der Waals surface area contributed by atoms with Crippen LogP contribution in [0, 0.1) is 6.92 Å². The van der Waals surface area contributed by atoms with E-state index >= 15 is 0 Å². The van der Waals surface area contributed by atoms with E-state index in [9.17, 15) is 5.11 Å². The molecule has 1 aromatic rings. The van der Waals surface area contributed by atoms with Gasteiger partial charge >= 0.3 is 0 Å². The van der Waals surface area contributed by atoms with E-state index in [1.165, 1.54) is 0 Å². The van der Waals surface area contributed by atoms with Crippen molar-refractivity contribution < 1.29 is 14.6 Å². The van der Waals surface area contributed by atoms with Crippen LogP contribution in [0.15, 0.2) is 12.1 Å². The minimum Gasteiger partial charge on any atom is -0.486 e. The summed E-state index contributed by atoms with van der Waals surface area (Å²) >= 11 is 4.13. The fourth-order valence-corrected chi connectivity index (χ4v) is 2.09. The number of fused-ring (bicyclic) bond motifs is 1. The Balaban J connectivity index is 2.31. The zero-order valence-electron chi connectivity index (χ0n) is 9.27. The summed E-state index contributed by atoms with van der Waals surface area (Å²) in [6.07, 6.45) is 0.164. The molecular weight excluding hydrogens is 224 g/mol. The lowest BCUT2D eigenvalue weighted by atomic mass is 10.0. The number of aliphatic hydroxyl groups excluding tert-OH is 1. The molecule has 0 saturated heterocycles. The molecule has 0 spiro atoms. The Morgan fingerprint density at radius 1 is 1.31 bits per heavy atom. The van der Waals surface area contributed by atoms with Crippen LogP contribution in [0.2, 0.25) is 0 Å². The van der Waals surface area contributed by atoms with Gasteiger partial charge in [-0.05, 0) is 42.4 Å². The van der Waals surface area contributed by atoms with Gasteiger partial charge in [0.05, 0.1) is 6.10 Å². The molecule has 1 unspecified atom stereocenters. The van der Waals surface area contributed by atoms with Crippen LogP contribution in [-0.2, 0) is 0 Å². The van der Waals surface area contributed by atoms with Crippen LogP contribution in [0.25, 0.3) is 0 Å². The lowest BCUT2D eigenvalue weighted by Crippen LogP contribution is -2.16. The lowest BCUT2D eigenvalue weighted by molar-refractivity contribution is 0.162. The third-order valence-corrected chi connectivity index (χ3v) is 2.95. The molecule has 4 heteroatoms. The van der Waals surface area contributed by atoms with Crippen LogP contribution in [0.4, 0.5) is 0 Å². The third-order valence-electron chi connectivity index (χ3n) is 2.69. The van der Waals surface area contributed by atoms with Gasteiger partial charge in [-0.2, -0.15) is 12.6 Å². The van der Waals surface area contributed by atoms with E-state index in [0.717, 1.165) is 22.6 Å². The van der Waals surface area contributed by atoms with Crippen molar-refractivity contribution in [3.63, 3.8) is 0 Å². The number of rotatable bonds is 3. The topological polar surface area (TPSA) is 38.7 Å². The molecule has 1 aliphatic heterocycles. The van der Waals surface area contributed by atoms with Crippen molar-refractivity contribution >= 4 is 12.6 Å². The summed E-state index contributed by atoms with van der Waals surface area (Å²) < 4.78 is 11.0. The Morgan fingerprint density at radius 3 is 2.56 bits per heavy atom. The summed E-state index contributed by atoms with van der Waals surface area (Å²) in [6.45, 7) is 3.12. The smallest absolute Gasteiger partial charge is 0.161 e. The molecule has 1 heterocycles. The molecule has 3 nitrogen and oxygen atoms in total. The molecule has 16 heavy (non-hydrogen) atoms. The fourth-order valence-electron chi connectivity index (χ4n) is 1.84.